The summed E-state index contributed by atoms with van der Waals surface area (Å²) in [5, 5.41) is 7.00. The first-order chi connectivity index (χ1) is 11.1. The second-order valence-electron chi connectivity index (χ2n) is 5.38. The number of carbonyl (C=O) groups excluding carboxylic acids is 1. The minimum atomic E-state index is -0.280. The van der Waals surface area contributed by atoms with Crippen molar-refractivity contribution in [3.05, 3.63) is 64.3 Å². The van der Waals surface area contributed by atoms with Gasteiger partial charge in [-0.1, -0.05) is 19.1 Å². The number of aryl methyl sites for hydroxylation is 2. The largest absolute Gasteiger partial charge is 0.324 e. The molecule has 3 aromatic rings. The van der Waals surface area contributed by atoms with Gasteiger partial charge in [0, 0.05) is 11.9 Å². The van der Waals surface area contributed by atoms with E-state index in [4.69, 9.17) is 0 Å². The molecular weight excluding hydrogens is 292 g/mol. The fraction of sp³-hybridized carbons (Fsp3) is 0.235. The lowest BCUT2D eigenvalue weighted by Gasteiger charge is -2.09. The normalized spacial score (nSPS) is 10.9. The van der Waals surface area contributed by atoms with E-state index >= 15 is 0 Å². The van der Waals surface area contributed by atoms with Gasteiger partial charge in [0.15, 0.2) is 0 Å². The van der Waals surface area contributed by atoms with Crippen molar-refractivity contribution in [2.45, 2.75) is 26.8 Å². The third kappa shape index (κ3) is 3.01. The van der Waals surface area contributed by atoms with Gasteiger partial charge < -0.3 is 5.32 Å². The molecule has 1 N–H and O–H groups in total. The standard InChI is InChI=1S/C17H18N4O2/c1-3-13-6-4-7-14(10-13)18-16(22)11-21-17(23)15-8-5-9-20(15)12(2)19-21/h4-10H,3,11H2,1-2H3,(H,18,22). The number of nitrogens with zero attached hydrogens (tertiary/aromatic N) is 3. The topological polar surface area (TPSA) is 68.4 Å². The number of anilines is 1. The average molecular weight is 310 g/mol. The van der Waals surface area contributed by atoms with Crippen LogP contribution in [0.25, 0.3) is 5.52 Å². The average Bonchev–Trinajstić information content (AvgIpc) is 3.03. The molecule has 0 aliphatic rings. The lowest BCUT2D eigenvalue weighted by molar-refractivity contribution is -0.117. The van der Waals surface area contributed by atoms with Gasteiger partial charge in [0.1, 0.15) is 17.9 Å². The zero-order valence-corrected chi connectivity index (χ0v) is 13.1. The van der Waals surface area contributed by atoms with E-state index in [1.54, 1.807) is 29.7 Å². The molecule has 0 spiro atoms. The van der Waals surface area contributed by atoms with E-state index < -0.39 is 0 Å². The quantitative estimate of drug-likeness (QED) is 0.801. The minimum Gasteiger partial charge on any atom is -0.324 e. The predicted octanol–water partition coefficient (Wildman–Crippen LogP) is 2.01. The summed E-state index contributed by atoms with van der Waals surface area (Å²) < 4.78 is 2.91. The zero-order chi connectivity index (χ0) is 16.4. The molecule has 0 aliphatic carbocycles. The van der Waals surface area contributed by atoms with E-state index in [2.05, 4.69) is 17.3 Å². The van der Waals surface area contributed by atoms with Gasteiger partial charge in [-0.05, 0) is 43.2 Å². The Kier molecular flexibility index (Phi) is 3.97. The summed E-state index contributed by atoms with van der Waals surface area (Å²) in [5.41, 5.74) is 2.10. The molecule has 6 heteroatoms. The maximum atomic E-state index is 12.3. The maximum Gasteiger partial charge on any atom is 0.291 e. The van der Waals surface area contributed by atoms with Crippen LogP contribution in [0.2, 0.25) is 0 Å². The molecule has 0 unspecified atom stereocenters. The van der Waals surface area contributed by atoms with Crippen LogP contribution in [0, 0.1) is 6.92 Å². The van der Waals surface area contributed by atoms with Crippen LogP contribution in [0.5, 0.6) is 0 Å². The van der Waals surface area contributed by atoms with Crippen LogP contribution in [0.15, 0.2) is 47.4 Å². The Balaban J connectivity index is 1.82. The second kappa shape index (κ2) is 6.08. The van der Waals surface area contributed by atoms with Crippen molar-refractivity contribution >= 4 is 17.1 Å². The van der Waals surface area contributed by atoms with Crippen molar-refractivity contribution < 1.29 is 4.79 Å². The van der Waals surface area contributed by atoms with Crippen LogP contribution >= 0.6 is 0 Å². The molecule has 2 heterocycles. The summed E-state index contributed by atoms with van der Waals surface area (Å²) in [7, 11) is 0. The molecule has 0 saturated heterocycles. The number of rotatable bonds is 4. The van der Waals surface area contributed by atoms with Crippen LogP contribution in [0.4, 0.5) is 5.69 Å². The van der Waals surface area contributed by atoms with E-state index in [1.165, 1.54) is 4.68 Å². The third-order valence-corrected chi connectivity index (χ3v) is 3.73. The lowest BCUT2D eigenvalue weighted by Crippen LogP contribution is -2.31. The summed E-state index contributed by atoms with van der Waals surface area (Å²) in [5.74, 6) is 0.383. The summed E-state index contributed by atoms with van der Waals surface area (Å²) >= 11 is 0. The van der Waals surface area contributed by atoms with Crippen LogP contribution in [-0.2, 0) is 17.8 Å². The number of hydrogen-bond donors (Lipinski definition) is 1. The van der Waals surface area contributed by atoms with Crippen molar-refractivity contribution in [2.24, 2.45) is 0 Å². The molecule has 0 bridgehead atoms. The van der Waals surface area contributed by atoms with Gasteiger partial charge in [-0.25, -0.2) is 4.68 Å². The van der Waals surface area contributed by atoms with Crippen molar-refractivity contribution in [2.75, 3.05) is 5.32 Å². The molecule has 1 amide bonds. The molecule has 6 nitrogen and oxygen atoms in total. The molecule has 118 valence electrons. The first kappa shape index (κ1) is 15.0. The number of benzene rings is 1. The van der Waals surface area contributed by atoms with E-state index in [0.29, 0.717) is 11.3 Å². The Morgan fingerprint density at radius 2 is 2.09 bits per heavy atom. The molecule has 1 aromatic carbocycles. The first-order valence-electron chi connectivity index (χ1n) is 7.52. The Bertz CT molecular complexity index is 924. The molecule has 0 saturated carbocycles. The van der Waals surface area contributed by atoms with Gasteiger partial charge >= 0.3 is 0 Å². The number of fused-ring (bicyclic) bond motifs is 1. The van der Waals surface area contributed by atoms with E-state index in [0.717, 1.165) is 17.7 Å². The van der Waals surface area contributed by atoms with Crippen molar-refractivity contribution in [3.8, 4) is 0 Å². The highest BCUT2D eigenvalue weighted by atomic mass is 16.2. The molecular formula is C17H18N4O2. The molecule has 0 fully saturated rings. The summed E-state index contributed by atoms with van der Waals surface area (Å²) in [6.07, 6.45) is 2.68. The Morgan fingerprint density at radius 1 is 1.26 bits per heavy atom. The Hall–Kier alpha value is -2.89. The van der Waals surface area contributed by atoms with Gasteiger partial charge in [0.25, 0.3) is 5.56 Å². The molecule has 0 atom stereocenters. The van der Waals surface area contributed by atoms with Gasteiger partial charge in [0.2, 0.25) is 5.91 Å². The van der Waals surface area contributed by atoms with Gasteiger partial charge in [-0.3, -0.25) is 14.0 Å². The summed E-state index contributed by atoms with van der Waals surface area (Å²) in [4.78, 5) is 24.5. The third-order valence-electron chi connectivity index (χ3n) is 3.73. The fourth-order valence-electron chi connectivity index (χ4n) is 2.55. The molecule has 0 radical (unpaired) electrons. The lowest BCUT2D eigenvalue weighted by atomic mass is 10.1. The number of amides is 1. The SMILES string of the molecule is CCc1cccc(NC(=O)Cn2nc(C)n3cccc3c2=O)c1. The Labute approximate surface area is 133 Å². The van der Waals surface area contributed by atoms with Crippen LogP contribution < -0.4 is 10.9 Å². The fourth-order valence-corrected chi connectivity index (χ4v) is 2.55. The highest BCUT2D eigenvalue weighted by molar-refractivity contribution is 5.90. The van der Waals surface area contributed by atoms with Gasteiger partial charge in [-0.2, -0.15) is 5.10 Å². The highest BCUT2D eigenvalue weighted by Gasteiger charge is 2.11. The first-order valence-corrected chi connectivity index (χ1v) is 7.52. The number of carbonyl (C=O) groups is 1. The maximum absolute atomic E-state index is 12.3. The van der Waals surface area contributed by atoms with Crippen LogP contribution in [0.1, 0.15) is 18.3 Å². The second-order valence-corrected chi connectivity index (χ2v) is 5.38. The van der Waals surface area contributed by atoms with E-state index in [9.17, 15) is 9.59 Å². The van der Waals surface area contributed by atoms with Gasteiger partial charge in [0.05, 0.1) is 0 Å². The van der Waals surface area contributed by atoms with Crippen molar-refractivity contribution in [1.29, 1.82) is 0 Å². The van der Waals surface area contributed by atoms with Crippen molar-refractivity contribution in [3.63, 3.8) is 0 Å². The molecule has 23 heavy (non-hydrogen) atoms. The number of hydrogen-bond acceptors (Lipinski definition) is 3. The smallest absolute Gasteiger partial charge is 0.291 e. The Morgan fingerprint density at radius 3 is 2.87 bits per heavy atom. The molecule has 3 rings (SSSR count). The predicted molar refractivity (Wildman–Crippen MR) is 88.6 cm³/mol. The van der Waals surface area contributed by atoms with Gasteiger partial charge in [-0.15, -0.1) is 0 Å². The van der Waals surface area contributed by atoms with Crippen LogP contribution in [-0.4, -0.2) is 20.1 Å². The van der Waals surface area contributed by atoms with Crippen molar-refractivity contribution in [1.82, 2.24) is 14.2 Å². The van der Waals surface area contributed by atoms with Crippen LogP contribution in [0.3, 0.4) is 0 Å². The zero-order valence-electron chi connectivity index (χ0n) is 13.1. The van der Waals surface area contributed by atoms with E-state index in [1.807, 2.05) is 24.3 Å². The van der Waals surface area contributed by atoms with E-state index in [-0.39, 0.29) is 18.0 Å². The molecule has 2 aromatic heterocycles. The number of nitrogens with one attached hydrogen (secondary N) is 1. The summed E-state index contributed by atoms with van der Waals surface area (Å²) in [6.45, 7) is 3.74. The highest BCUT2D eigenvalue weighted by Crippen LogP contribution is 2.11. The summed E-state index contributed by atoms with van der Waals surface area (Å²) in [6, 6.07) is 11.2. The molecule has 0 aliphatic heterocycles. The minimum absolute atomic E-state index is 0.113. The number of aromatic nitrogens is 3. The monoisotopic (exact) mass is 310 g/mol.